The molecule has 1 heterocycles. The van der Waals surface area contributed by atoms with Gasteiger partial charge < -0.3 is 0 Å². The molecule has 1 heteroatoms. The molecule has 0 spiro atoms. The topological polar surface area (TPSA) is 3.88 Å². The fourth-order valence-electron chi connectivity index (χ4n) is 4.12. The Bertz CT molecular complexity index is 1080. The highest BCUT2D eigenvalue weighted by molar-refractivity contribution is 5.96. The van der Waals surface area contributed by atoms with E-state index in [1.54, 1.807) is 0 Å². The molecule has 0 amide bonds. The van der Waals surface area contributed by atoms with Crippen LogP contribution in [0.2, 0.25) is 0 Å². The molecule has 0 aliphatic carbocycles. The van der Waals surface area contributed by atoms with Gasteiger partial charge in [0.2, 0.25) is 5.69 Å². The van der Waals surface area contributed by atoms with Crippen molar-refractivity contribution in [3.8, 4) is 11.3 Å². The van der Waals surface area contributed by atoms with Gasteiger partial charge in [0.05, 0.1) is 10.9 Å². The zero-order valence-corrected chi connectivity index (χ0v) is 19.1. The lowest BCUT2D eigenvalue weighted by molar-refractivity contribution is -0.659. The van der Waals surface area contributed by atoms with Crippen LogP contribution >= 0.6 is 0 Å². The third kappa shape index (κ3) is 3.85. The van der Waals surface area contributed by atoms with E-state index in [-0.39, 0.29) is 5.41 Å². The molecule has 0 saturated heterocycles. The highest BCUT2D eigenvalue weighted by Gasteiger charge is 2.23. The first kappa shape index (κ1) is 19.2. The van der Waals surface area contributed by atoms with Crippen LogP contribution in [0, 0.1) is 26.7 Å². The van der Waals surface area contributed by atoms with Gasteiger partial charge in [0, 0.05) is 5.56 Å². The van der Waals surface area contributed by atoms with E-state index < -0.39 is 0 Å². The second kappa shape index (κ2) is 7.35. The van der Waals surface area contributed by atoms with E-state index in [0.717, 1.165) is 17.7 Å². The number of hydrogen-bond acceptors (Lipinski definition) is 0. The van der Waals surface area contributed by atoms with Crippen molar-refractivity contribution in [2.45, 2.75) is 67.2 Å². The first-order chi connectivity index (χ1) is 13.4. The smallest absolute Gasteiger partial charge is 0.200 e. The summed E-state index contributed by atoms with van der Waals surface area (Å²) in [5.74, 6) is 0.621. The second-order valence-electron chi connectivity index (χ2n) is 9.84. The summed E-state index contributed by atoms with van der Waals surface area (Å²) in [5, 5.41) is 2.45. The SMILES string of the molecule is [2H]c1c(C)c2cc(CC(C)C)ccc2c(-c2cc(C(C)(C)C)cc(C)c2C)[n+]1C. The van der Waals surface area contributed by atoms with E-state index >= 15 is 0 Å². The zero-order chi connectivity index (χ0) is 21.7. The summed E-state index contributed by atoms with van der Waals surface area (Å²) in [4.78, 5) is 0. The van der Waals surface area contributed by atoms with Crippen molar-refractivity contribution in [2.75, 3.05) is 0 Å². The number of nitrogens with zero attached hydrogens (tertiary/aromatic N) is 1. The Labute approximate surface area is 172 Å². The van der Waals surface area contributed by atoms with Crippen molar-refractivity contribution in [3.05, 3.63) is 64.3 Å². The van der Waals surface area contributed by atoms with Crippen LogP contribution in [0.4, 0.5) is 0 Å². The molecular formula is C27H36N+. The zero-order valence-electron chi connectivity index (χ0n) is 20.1. The fourth-order valence-corrected chi connectivity index (χ4v) is 4.12. The Balaban J connectivity index is 2.40. The molecule has 0 aliphatic rings. The van der Waals surface area contributed by atoms with Gasteiger partial charge in [-0.2, -0.15) is 0 Å². The minimum absolute atomic E-state index is 0.0838. The van der Waals surface area contributed by atoms with Gasteiger partial charge in [0.15, 0.2) is 6.17 Å². The van der Waals surface area contributed by atoms with E-state index in [4.69, 9.17) is 1.37 Å². The van der Waals surface area contributed by atoms with E-state index in [9.17, 15) is 0 Å². The Morgan fingerprint density at radius 3 is 2.25 bits per heavy atom. The fraction of sp³-hybridized carbons (Fsp3) is 0.444. The molecule has 0 unspecified atom stereocenters. The number of hydrogen-bond donors (Lipinski definition) is 0. The summed E-state index contributed by atoms with van der Waals surface area (Å²) >= 11 is 0. The average molecular weight is 376 g/mol. The lowest BCUT2D eigenvalue weighted by Gasteiger charge is -2.22. The molecule has 0 saturated carbocycles. The quantitative estimate of drug-likeness (QED) is 0.446. The maximum atomic E-state index is 8.79. The number of aryl methyl sites for hydroxylation is 2. The van der Waals surface area contributed by atoms with E-state index in [2.05, 4.69) is 90.3 Å². The molecule has 3 rings (SSSR count). The van der Waals surface area contributed by atoms with Gasteiger partial charge in [-0.05, 0) is 78.3 Å². The summed E-state index contributed by atoms with van der Waals surface area (Å²) in [6.45, 7) is 17.8. The average Bonchev–Trinajstić information content (AvgIpc) is 2.62. The highest BCUT2D eigenvalue weighted by atomic mass is 14.9. The van der Waals surface area contributed by atoms with Gasteiger partial charge in [-0.1, -0.05) is 52.8 Å². The molecule has 1 nitrogen and oxygen atoms in total. The molecule has 0 fully saturated rings. The maximum absolute atomic E-state index is 8.79. The molecule has 28 heavy (non-hydrogen) atoms. The Morgan fingerprint density at radius 1 is 0.964 bits per heavy atom. The predicted octanol–water partition coefficient (Wildman–Crippen LogP) is 6.75. The molecular weight excluding hydrogens is 338 g/mol. The number of benzene rings is 2. The van der Waals surface area contributed by atoms with Crippen LogP contribution in [-0.2, 0) is 18.9 Å². The van der Waals surface area contributed by atoms with Crippen LogP contribution in [0.3, 0.4) is 0 Å². The summed E-state index contributed by atoms with van der Waals surface area (Å²) in [6, 6.07) is 11.5. The number of rotatable bonds is 3. The third-order valence-electron chi connectivity index (χ3n) is 5.85. The minimum atomic E-state index is 0.0838. The molecule has 0 radical (unpaired) electrons. The number of pyridine rings is 1. The van der Waals surface area contributed by atoms with Crippen molar-refractivity contribution < 1.29 is 5.94 Å². The molecule has 0 aliphatic heterocycles. The second-order valence-corrected chi connectivity index (χ2v) is 9.84. The van der Waals surface area contributed by atoms with Gasteiger partial charge >= 0.3 is 0 Å². The van der Waals surface area contributed by atoms with Crippen LogP contribution in [0.15, 0.2) is 36.5 Å². The van der Waals surface area contributed by atoms with E-state index in [1.165, 1.54) is 38.6 Å². The molecule has 2 aromatic carbocycles. The van der Waals surface area contributed by atoms with E-state index in [1.807, 2.05) is 7.05 Å². The molecule has 1 aromatic heterocycles. The lowest BCUT2D eigenvalue weighted by atomic mass is 9.82. The van der Waals surface area contributed by atoms with Gasteiger partial charge in [0.25, 0.3) is 0 Å². The first-order valence-corrected chi connectivity index (χ1v) is 10.5. The van der Waals surface area contributed by atoms with Gasteiger partial charge in [0.1, 0.15) is 8.42 Å². The molecule has 148 valence electrons. The van der Waals surface area contributed by atoms with Crippen LogP contribution in [-0.4, -0.2) is 0 Å². The highest BCUT2D eigenvalue weighted by Crippen LogP contribution is 2.35. The number of aromatic nitrogens is 1. The number of fused-ring (bicyclic) bond motifs is 1. The molecule has 0 N–H and O–H groups in total. The maximum Gasteiger partial charge on any atom is 0.220 e. The van der Waals surface area contributed by atoms with Crippen molar-refractivity contribution >= 4 is 10.8 Å². The molecule has 0 bridgehead atoms. The van der Waals surface area contributed by atoms with Gasteiger partial charge in [-0.3, -0.25) is 0 Å². The Kier molecular flexibility index (Phi) is 5.04. The summed E-state index contributed by atoms with van der Waals surface area (Å²) in [5.41, 5.74) is 8.83. The van der Waals surface area contributed by atoms with Crippen LogP contribution in [0.5, 0.6) is 0 Å². The van der Waals surface area contributed by atoms with Gasteiger partial charge in [-0.15, -0.1) is 0 Å². The van der Waals surface area contributed by atoms with E-state index in [0.29, 0.717) is 12.1 Å². The summed E-state index contributed by atoms with van der Waals surface area (Å²) in [7, 11) is 2.03. The van der Waals surface area contributed by atoms with Crippen LogP contribution < -0.4 is 4.57 Å². The normalized spacial score (nSPS) is 12.7. The van der Waals surface area contributed by atoms with Crippen LogP contribution in [0.25, 0.3) is 22.0 Å². The van der Waals surface area contributed by atoms with Crippen molar-refractivity contribution in [1.29, 1.82) is 0 Å². The van der Waals surface area contributed by atoms with Crippen molar-refractivity contribution in [2.24, 2.45) is 13.0 Å². The summed E-state index contributed by atoms with van der Waals surface area (Å²) in [6.07, 6.45) is 1.66. The molecule has 3 aromatic rings. The standard InChI is InChI=1S/C27H36N/c1-17(2)12-21-10-11-23-24(14-21)19(4)16-28(9)26(23)25-15-22(27(6,7)8)13-18(3)20(25)5/h10-11,13-17H,12H2,1-9H3/q+1/i16D. The monoisotopic (exact) mass is 375 g/mol. The first-order valence-electron chi connectivity index (χ1n) is 11.0. The van der Waals surface area contributed by atoms with Gasteiger partial charge in [-0.25, -0.2) is 4.57 Å². The Hall–Kier alpha value is -2.15. The van der Waals surface area contributed by atoms with Crippen LogP contribution in [0.1, 0.15) is 63.8 Å². The largest absolute Gasteiger partial charge is 0.220 e. The van der Waals surface area contributed by atoms with Crippen molar-refractivity contribution in [3.63, 3.8) is 0 Å². The molecule has 0 atom stereocenters. The lowest BCUT2D eigenvalue weighted by Crippen LogP contribution is -2.32. The third-order valence-corrected chi connectivity index (χ3v) is 5.85. The minimum Gasteiger partial charge on any atom is -0.200 e. The van der Waals surface area contributed by atoms with Crippen molar-refractivity contribution in [1.82, 2.24) is 0 Å². The predicted molar refractivity (Wildman–Crippen MR) is 122 cm³/mol. The Morgan fingerprint density at radius 2 is 1.64 bits per heavy atom. The summed E-state index contributed by atoms with van der Waals surface area (Å²) < 4.78 is 10.9.